The summed E-state index contributed by atoms with van der Waals surface area (Å²) in [6.07, 6.45) is 3.47. The number of amides is 1. The summed E-state index contributed by atoms with van der Waals surface area (Å²) < 4.78 is 0. The summed E-state index contributed by atoms with van der Waals surface area (Å²) in [5.41, 5.74) is 0. The van der Waals surface area contributed by atoms with E-state index in [9.17, 15) is 4.79 Å². The molecule has 1 rings (SSSR count). The molecular weight excluding hydrogens is 244 g/mol. The fraction of sp³-hybridized carbons (Fsp3) is 0.643. The topological polar surface area (TPSA) is 32.3 Å². The van der Waals surface area contributed by atoms with Crippen LogP contribution in [0, 0.1) is 0 Å². The van der Waals surface area contributed by atoms with E-state index in [1.54, 1.807) is 0 Å². The molecule has 3 nitrogen and oxygen atoms in total. The summed E-state index contributed by atoms with van der Waals surface area (Å²) in [5.74, 6) is 0.0637. The first-order valence-electron chi connectivity index (χ1n) is 6.82. The van der Waals surface area contributed by atoms with Gasteiger partial charge >= 0.3 is 0 Å². The quantitative estimate of drug-likeness (QED) is 0.698. The number of unbranched alkanes of at least 4 members (excludes halogenated alkanes) is 2. The fourth-order valence-corrected chi connectivity index (χ4v) is 2.51. The van der Waals surface area contributed by atoms with Crippen LogP contribution in [0.1, 0.15) is 42.8 Å². The van der Waals surface area contributed by atoms with E-state index in [0.717, 1.165) is 30.9 Å². The van der Waals surface area contributed by atoms with Gasteiger partial charge in [0.1, 0.15) is 0 Å². The lowest BCUT2D eigenvalue weighted by Crippen LogP contribution is -2.25. The van der Waals surface area contributed by atoms with E-state index in [1.807, 2.05) is 17.5 Å². The summed E-state index contributed by atoms with van der Waals surface area (Å²) in [5, 5.41) is 4.89. The van der Waals surface area contributed by atoms with Gasteiger partial charge in [-0.2, -0.15) is 0 Å². The first kappa shape index (κ1) is 15.2. The lowest BCUT2D eigenvalue weighted by Gasteiger charge is -2.17. The van der Waals surface area contributed by atoms with Gasteiger partial charge in [0.2, 0.25) is 0 Å². The van der Waals surface area contributed by atoms with E-state index in [4.69, 9.17) is 0 Å². The zero-order chi connectivity index (χ0) is 13.2. The number of rotatable bonds is 9. The number of carbonyl (C=O) groups is 1. The Morgan fingerprint density at radius 1 is 1.28 bits per heavy atom. The minimum Gasteiger partial charge on any atom is -0.351 e. The SMILES string of the molecule is CCN(CC)CCCCCNC(=O)c1cccs1. The van der Waals surface area contributed by atoms with Crippen LogP contribution in [0.2, 0.25) is 0 Å². The zero-order valence-electron chi connectivity index (χ0n) is 11.4. The monoisotopic (exact) mass is 268 g/mol. The first-order chi connectivity index (χ1) is 8.77. The maximum atomic E-state index is 11.6. The summed E-state index contributed by atoms with van der Waals surface area (Å²) >= 11 is 1.49. The highest BCUT2D eigenvalue weighted by Gasteiger charge is 2.04. The Morgan fingerprint density at radius 3 is 2.67 bits per heavy atom. The molecule has 0 aliphatic carbocycles. The largest absolute Gasteiger partial charge is 0.351 e. The number of nitrogens with zero attached hydrogens (tertiary/aromatic N) is 1. The van der Waals surface area contributed by atoms with Crippen LogP contribution in [0.15, 0.2) is 17.5 Å². The molecule has 0 unspecified atom stereocenters. The molecule has 1 amide bonds. The Morgan fingerprint density at radius 2 is 2.06 bits per heavy atom. The van der Waals surface area contributed by atoms with Crippen molar-refractivity contribution >= 4 is 17.2 Å². The van der Waals surface area contributed by atoms with Gasteiger partial charge in [0.05, 0.1) is 4.88 Å². The van der Waals surface area contributed by atoms with Crippen LogP contribution in [0.25, 0.3) is 0 Å². The molecule has 0 spiro atoms. The minimum absolute atomic E-state index is 0.0637. The molecule has 0 aliphatic rings. The molecule has 102 valence electrons. The summed E-state index contributed by atoms with van der Waals surface area (Å²) in [7, 11) is 0. The van der Waals surface area contributed by atoms with Gasteiger partial charge in [-0.15, -0.1) is 11.3 Å². The molecule has 1 heterocycles. The summed E-state index contributed by atoms with van der Waals surface area (Å²) in [6, 6.07) is 3.77. The van der Waals surface area contributed by atoms with Crippen LogP contribution >= 0.6 is 11.3 Å². The number of carbonyl (C=O) groups excluding carboxylic acids is 1. The van der Waals surface area contributed by atoms with Gasteiger partial charge in [0.15, 0.2) is 0 Å². The standard InChI is InChI=1S/C14H24N2OS/c1-3-16(4-2)11-7-5-6-10-15-14(17)13-9-8-12-18-13/h8-9,12H,3-7,10-11H2,1-2H3,(H,15,17). The predicted molar refractivity (Wildman–Crippen MR) is 78.3 cm³/mol. The molecule has 0 bridgehead atoms. The van der Waals surface area contributed by atoms with Crippen LogP contribution in [0.3, 0.4) is 0 Å². The molecular formula is C14H24N2OS. The van der Waals surface area contributed by atoms with Gasteiger partial charge in [-0.05, 0) is 43.9 Å². The minimum atomic E-state index is 0.0637. The highest BCUT2D eigenvalue weighted by Crippen LogP contribution is 2.07. The molecule has 0 saturated heterocycles. The van der Waals surface area contributed by atoms with Gasteiger partial charge in [0, 0.05) is 6.54 Å². The second-order valence-corrected chi connectivity index (χ2v) is 5.27. The number of hydrogen-bond donors (Lipinski definition) is 1. The van der Waals surface area contributed by atoms with Crippen molar-refractivity contribution < 1.29 is 4.79 Å². The van der Waals surface area contributed by atoms with Crippen LogP contribution in [0.5, 0.6) is 0 Å². The molecule has 0 saturated carbocycles. The van der Waals surface area contributed by atoms with Crippen molar-refractivity contribution in [3.63, 3.8) is 0 Å². The molecule has 1 N–H and O–H groups in total. The van der Waals surface area contributed by atoms with Crippen LogP contribution in [-0.4, -0.2) is 37.0 Å². The Bertz CT molecular complexity index is 321. The molecule has 1 aromatic heterocycles. The highest BCUT2D eigenvalue weighted by molar-refractivity contribution is 7.12. The zero-order valence-corrected chi connectivity index (χ0v) is 12.3. The van der Waals surface area contributed by atoms with Crippen LogP contribution in [-0.2, 0) is 0 Å². The maximum Gasteiger partial charge on any atom is 0.261 e. The Kier molecular flexibility index (Phi) is 7.69. The van der Waals surface area contributed by atoms with Gasteiger partial charge in [-0.25, -0.2) is 0 Å². The Balaban J connectivity index is 2.00. The van der Waals surface area contributed by atoms with Gasteiger partial charge in [0.25, 0.3) is 5.91 Å². The molecule has 18 heavy (non-hydrogen) atoms. The van der Waals surface area contributed by atoms with E-state index < -0.39 is 0 Å². The van der Waals surface area contributed by atoms with Crippen molar-refractivity contribution in [1.29, 1.82) is 0 Å². The van der Waals surface area contributed by atoms with Gasteiger partial charge < -0.3 is 10.2 Å². The number of thiophene rings is 1. The number of hydrogen-bond acceptors (Lipinski definition) is 3. The summed E-state index contributed by atoms with van der Waals surface area (Å²) in [6.45, 7) is 8.62. The van der Waals surface area contributed by atoms with E-state index in [-0.39, 0.29) is 5.91 Å². The Labute approximate surface area is 114 Å². The van der Waals surface area contributed by atoms with Crippen molar-refractivity contribution in [2.24, 2.45) is 0 Å². The smallest absolute Gasteiger partial charge is 0.261 e. The van der Waals surface area contributed by atoms with Crippen molar-refractivity contribution in [2.45, 2.75) is 33.1 Å². The second kappa shape index (κ2) is 9.11. The first-order valence-corrected chi connectivity index (χ1v) is 7.70. The summed E-state index contributed by atoms with van der Waals surface area (Å²) in [4.78, 5) is 14.9. The van der Waals surface area contributed by atoms with Crippen molar-refractivity contribution in [3.8, 4) is 0 Å². The lowest BCUT2D eigenvalue weighted by molar-refractivity contribution is 0.0957. The van der Waals surface area contributed by atoms with E-state index >= 15 is 0 Å². The molecule has 4 heteroatoms. The molecule has 0 aliphatic heterocycles. The lowest BCUT2D eigenvalue weighted by atomic mass is 10.2. The van der Waals surface area contributed by atoms with E-state index in [0.29, 0.717) is 0 Å². The van der Waals surface area contributed by atoms with E-state index in [1.165, 1.54) is 30.7 Å². The molecule has 0 atom stereocenters. The predicted octanol–water partition coefficient (Wildman–Crippen LogP) is 2.99. The average Bonchev–Trinajstić information content (AvgIpc) is 2.92. The molecule has 0 fully saturated rings. The fourth-order valence-electron chi connectivity index (χ4n) is 1.87. The van der Waals surface area contributed by atoms with Gasteiger partial charge in [-0.1, -0.05) is 26.3 Å². The average molecular weight is 268 g/mol. The van der Waals surface area contributed by atoms with Crippen LogP contribution in [0.4, 0.5) is 0 Å². The van der Waals surface area contributed by atoms with Crippen molar-refractivity contribution in [3.05, 3.63) is 22.4 Å². The normalized spacial score (nSPS) is 10.8. The third kappa shape index (κ3) is 5.65. The Hall–Kier alpha value is -0.870. The third-order valence-corrected chi connectivity index (χ3v) is 3.94. The maximum absolute atomic E-state index is 11.6. The van der Waals surface area contributed by atoms with Crippen molar-refractivity contribution in [2.75, 3.05) is 26.2 Å². The van der Waals surface area contributed by atoms with E-state index in [2.05, 4.69) is 24.1 Å². The number of nitrogens with one attached hydrogen (secondary N) is 1. The molecule has 0 radical (unpaired) electrons. The molecule has 0 aromatic carbocycles. The molecule has 1 aromatic rings. The second-order valence-electron chi connectivity index (χ2n) is 4.32. The van der Waals surface area contributed by atoms with Gasteiger partial charge in [-0.3, -0.25) is 4.79 Å². The highest BCUT2D eigenvalue weighted by atomic mass is 32.1. The van der Waals surface area contributed by atoms with Crippen molar-refractivity contribution in [1.82, 2.24) is 10.2 Å². The van der Waals surface area contributed by atoms with Crippen LogP contribution < -0.4 is 5.32 Å². The third-order valence-electron chi connectivity index (χ3n) is 3.08.